The van der Waals surface area contributed by atoms with Crippen molar-refractivity contribution in [1.29, 1.82) is 0 Å². The fourth-order valence-electron chi connectivity index (χ4n) is 4.81. The van der Waals surface area contributed by atoms with Crippen molar-refractivity contribution in [3.05, 3.63) is 44.2 Å². The van der Waals surface area contributed by atoms with Gasteiger partial charge >= 0.3 is 12.1 Å². The Hall–Kier alpha value is -4.31. The molecule has 2 heterocycles. The second-order valence-electron chi connectivity index (χ2n) is 12.9. The Morgan fingerprint density at radius 2 is 1.23 bits per heavy atom. The smallest absolute Gasteiger partial charge is 0.321 e. The van der Waals surface area contributed by atoms with Gasteiger partial charge in [0.25, 0.3) is 11.1 Å². The van der Waals surface area contributed by atoms with Gasteiger partial charge in [0.1, 0.15) is 0 Å². The monoisotopic (exact) mass is 661 g/mol. The van der Waals surface area contributed by atoms with E-state index in [0.717, 1.165) is 26.1 Å². The molecule has 0 unspecified atom stereocenters. The molecule has 0 spiro atoms. The predicted molar refractivity (Wildman–Crippen MR) is 180 cm³/mol. The molecule has 0 radical (unpaired) electrons. The van der Waals surface area contributed by atoms with Gasteiger partial charge < -0.3 is 25.2 Å². The van der Waals surface area contributed by atoms with Crippen molar-refractivity contribution in [3.63, 3.8) is 0 Å². The van der Waals surface area contributed by atoms with Crippen molar-refractivity contribution >= 4 is 29.9 Å². The number of aromatic nitrogens is 4. The minimum absolute atomic E-state index is 0.0154. The van der Waals surface area contributed by atoms with E-state index in [1.807, 2.05) is 27.7 Å². The number of aromatic amines is 2. The standard InChI is InChI=1S/C31H52N10O6/c1-21(2)47-18-11-31(5,6)26(44)32-12-8-15-41(7,16-9-13-33-29(45)39-27-35-22(3)19-24(42)37-27)17-10-14-34-30(46)40-28-36-23(4)20-25(43)38-28/h19-21H,8-18H2,1-7H3,(H6-,32,33,34,35,36,37,38,39,40,42,43,44,45,46)/p+1. The average Bonchev–Trinajstić information content (AvgIpc) is 2.94. The SMILES string of the molecule is Cc1cc(=O)[nH]c(NC(=O)NCCC[N+](C)(CCCNC(=O)Nc2nc(C)cc(=O)[nH]2)CCCNC(=O)C(C)(C)CCOC(C)C)n1. The van der Waals surface area contributed by atoms with Crippen LogP contribution in [0.15, 0.2) is 21.7 Å². The van der Waals surface area contributed by atoms with Crippen LogP contribution in [-0.2, 0) is 9.53 Å². The fraction of sp³-hybridized carbons (Fsp3) is 0.645. The zero-order chi connectivity index (χ0) is 35.0. The maximum absolute atomic E-state index is 12.8. The van der Waals surface area contributed by atoms with Crippen LogP contribution in [0.4, 0.5) is 21.5 Å². The maximum Gasteiger partial charge on any atom is 0.321 e. The predicted octanol–water partition coefficient (Wildman–Crippen LogP) is 1.99. The van der Waals surface area contributed by atoms with Crippen LogP contribution in [-0.4, -0.2) is 101 Å². The Morgan fingerprint density at radius 3 is 1.64 bits per heavy atom. The average molecular weight is 662 g/mol. The molecule has 16 heteroatoms. The number of ether oxygens (including phenoxy) is 1. The summed E-state index contributed by atoms with van der Waals surface area (Å²) in [4.78, 5) is 74.0. The second kappa shape index (κ2) is 18.7. The summed E-state index contributed by atoms with van der Waals surface area (Å²) in [5, 5.41) is 13.7. The molecule has 2 rings (SSSR count). The van der Waals surface area contributed by atoms with Crippen molar-refractivity contribution in [1.82, 2.24) is 35.9 Å². The lowest BCUT2D eigenvalue weighted by Gasteiger charge is -2.35. The molecule has 2 aromatic heterocycles. The molecule has 5 amide bonds. The molecule has 2 aromatic rings. The highest BCUT2D eigenvalue weighted by Crippen LogP contribution is 2.21. The van der Waals surface area contributed by atoms with Crippen molar-refractivity contribution in [3.8, 4) is 0 Å². The number of nitrogens with one attached hydrogen (secondary N) is 7. The first-order valence-corrected chi connectivity index (χ1v) is 16.1. The van der Waals surface area contributed by atoms with Crippen LogP contribution in [0.2, 0.25) is 0 Å². The molecule has 0 saturated carbocycles. The zero-order valence-corrected chi connectivity index (χ0v) is 28.8. The molecule has 16 nitrogen and oxygen atoms in total. The number of hydrogen-bond acceptors (Lipinski definition) is 8. The van der Waals surface area contributed by atoms with E-state index in [9.17, 15) is 24.0 Å². The number of hydrogen-bond donors (Lipinski definition) is 7. The van der Waals surface area contributed by atoms with Crippen molar-refractivity contribution in [2.45, 2.75) is 73.3 Å². The molecule has 262 valence electrons. The van der Waals surface area contributed by atoms with Crippen molar-refractivity contribution in [2.75, 3.05) is 63.6 Å². The normalized spacial score (nSPS) is 11.7. The lowest BCUT2D eigenvalue weighted by molar-refractivity contribution is -0.909. The van der Waals surface area contributed by atoms with Crippen molar-refractivity contribution in [2.24, 2.45) is 5.41 Å². The second-order valence-corrected chi connectivity index (χ2v) is 12.9. The highest BCUT2D eigenvalue weighted by molar-refractivity contribution is 5.87. The van der Waals surface area contributed by atoms with Gasteiger partial charge in [-0.3, -0.25) is 35.0 Å². The van der Waals surface area contributed by atoms with E-state index in [4.69, 9.17) is 4.74 Å². The molecule has 0 aliphatic heterocycles. The van der Waals surface area contributed by atoms with Gasteiger partial charge in [0, 0.05) is 74.4 Å². The van der Waals surface area contributed by atoms with Gasteiger partial charge in [0.15, 0.2) is 0 Å². The number of nitrogens with zero attached hydrogens (tertiary/aromatic N) is 3. The number of anilines is 2. The number of H-pyrrole nitrogens is 2. The third-order valence-electron chi connectivity index (χ3n) is 7.48. The molecular weight excluding hydrogens is 608 g/mol. The Balaban J connectivity index is 1.88. The molecular formula is C31H53N10O6+. The lowest BCUT2D eigenvalue weighted by Crippen LogP contribution is -2.49. The molecule has 0 atom stereocenters. The first-order valence-electron chi connectivity index (χ1n) is 16.1. The number of quaternary nitrogens is 1. The molecule has 47 heavy (non-hydrogen) atoms. The van der Waals surface area contributed by atoms with Crippen LogP contribution < -0.4 is 37.7 Å². The lowest BCUT2D eigenvalue weighted by atomic mass is 9.88. The third kappa shape index (κ3) is 15.7. The molecule has 7 N–H and O–H groups in total. The van der Waals surface area contributed by atoms with Gasteiger partial charge in [-0.05, 0) is 34.1 Å². The van der Waals surface area contributed by atoms with E-state index >= 15 is 0 Å². The summed E-state index contributed by atoms with van der Waals surface area (Å²) in [7, 11) is 2.11. The summed E-state index contributed by atoms with van der Waals surface area (Å²) in [5.74, 6) is 0.136. The van der Waals surface area contributed by atoms with Gasteiger partial charge in [0.05, 0.1) is 32.8 Å². The summed E-state index contributed by atoms with van der Waals surface area (Å²) < 4.78 is 6.27. The van der Waals surface area contributed by atoms with E-state index in [0.29, 0.717) is 61.4 Å². The molecule has 0 aromatic carbocycles. The van der Waals surface area contributed by atoms with Crippen LogP contribution in [0, 0.1) is 19.3 Å². The molecule has 0 bridgehead atoms. The number of carbonyl (C=O) groups excluding carboxylic acids is 3. The van der Waals surface area contributed by atoms with E-state index < -0.39 is 17.5 Å². The van der Waals surface area contributed by atoms with E-state index in [2.05, 4.69) is 53.6 Å². The van der Waals surface area contributed by atoms with Crippen LogP contribution in [0.1, 0.15) is 64.8 Å². The number of carbonyl (C=O) groups is 3. The Morgan fingerprint density at radius 1 is 0.809 bits per heavy atom. The number of urea groups is 2. The van der Waals surface area contributed by atoms with Crippen LogP contribution in [0.25, 0.3) is 0 Å². The first kappa shape index (κ1) is 38.9. The topological polar surface area (TPSA) is 212 Å². The summed E-state index contributed by atoms with van der Waals surface area (Å²) >= 11 is 0. The Kier molecular flexibility index (Phi) is 15.5. The fourth-order valence-corrected chi connectivity index (χ4v) is 4.81. The summed E-state index contributed by atoms with van der Waals surface area (Å²) in [6.07, 6.45) is 2.80. The van der Waals surface area contributed by atoms with Crippen molar-refractivity contribution < 1.29 is 23.6 Å². The van der Waals surface area contributed by atoms with Gasteiger partial charge in [-0.2, -0.15) is 0 Å². The van der Waals surface area contributed by atoms with Gasteiger partial charge in [-0.25, -0.2) is 19.6 Å². The minimum atomic E-state index is -0.548. The largest absolute Gasteiger partial charge is 0.379 e. The van der Waals surface area contributed by atoms with Gasteiger partial charge in [0.2, 0.25) is 17.8 Å². The van der Waals surface area contributed by atoms with E-state index in [1.165, 1.54) is 12.1 Å². The third-order valence-corrected chi connectivity index (χ3v) is 7.48. The zero-order valence-electron chi connectivity index (χ0n) is 28.8. The first-order chi connectivity index (χ1) is 22.1. The van der Waals surface area contributed by atoms with Crippen LogP contribution in [0.5, 0.6) is 0 Å². The van der Waals surface area contributed by atoms with Gasteiger partial charge in [-0.1, -0.05) is 13.8 Å². The minimum Gasteiger partial charge on any atom is -0.379 e. The number of rotatable bonds is 19. The summed E-state index contributed by atoms with van der Waals surface area (Å²) in [6, 6.07) is 1.72. The van der Waals surface area contributed by atoms with Gasteiger partial charge in [-0.15, -0.1) is 0 Å². The quantitative estimate of drug-likeness (QED) is 0.0872. The van der Waals surface area contributed by atoms with Crippen LogP contribution in [0.3, 0.4) is 0 Å². The van der Waals surface area contributed by atoms with E-state index in [1.54, 1.807) is 13.8 Å². The molecule has 0 aliphatic carbocycles. The Labute approximate surface area is 275 Å². The number of amides is 5. The van der Waals surface area contributed by atoms with Crippen LogP contribution >= 0.6 is 0 Å². The molecule has 0 saturated heterocycles. The summed E-state index contributed by atoms with van der Waals surface area (Å²) in [5.41, 5.74) is -0.270. The molecule has 0 aliphatic rings. The highest BCUT2D eigenvalue weighted by Gasteiger charge is 2.28. The highest BCUT2D eigenvalue weighted by atomic mass is 16.5. The maximum atomic E-state index is 12.8. The Bertz CT molecular complexity index is 1360. The molecule has 0 fully saturated rings. The van der Waals surface area contributed by atoms with E-state index in [-0.39, 0.29) is 35.0 Å². The number of aryl methyl sites for hydroxylation is 2. The summed E-state index contributed by atoms with van der Waals surface area (Å²) in [6.45, 7) is 15.1.